The average Bonchev–Trinajstić information content (AvgIpc) is 3.12. The quantitative estimate of drug-likeness (QED) is 0.110. The third-order valence-corrected chi connectivity index (χ3v) is 17.2. The highest BCUT2D eigenvalue weighted by atomic mass is 16.7. The van der Waals surface area contributed by atoms with Gasteiger partial charge in [0.05, 0.1) is 18.1 Å². The summed E-state index contributed by atoms with van der Waals surface area (Å²) in [5, 5.41) is 82.4. The Kier molecular flexibility index (Phi) is 10.8. The van der Waals surface area contributed by atoms with Crippen molar-refractivity contribution in [1.82, 2.24) is 0 Å². The van der Waals surface area contributed by atoms with Gasteiger partial charge in [0, 0.05) is 0 Å². The van der Waals surface area contributed by atoms with Crippen LogP contribution in [0.5, 0.6) is 0 Å². The van der Waals surface area contributed by atoms with Gasteiger partial charge in [-0.15, -0.1) is 0 Å². The number of hydrogen-bond donors (Lipinski definition) is 8. The Labute approximate surface area is 329 Å². The summed E-state index contributed by atoms with van der Waals surface area (Å²) < 4.78 is 23.5. The first-order valence-electron chi connectivity index (χ1n) is 20.8. The average molecular weight is 795 g/mol. The minimum atomic E-state index is -1.79. The molecule has 0 radical (unpaired) electrons. The maximum Gasteiger partial charge on any atom is 0.335 e. The molecule has 0 bridgehead atoms. The number of aliphatic carboxylic acids is 1. The third-order valence-electron chi connectivity index (χ3n) is 17.2. The van der Waals surface area contributed by atoms with Gasteiger partial charge in [0.1, 0.15) is 42.7 Å². The number of carbonyl (C=O) groups excluding carboxylic acids is 1. The second-order valence-corrected chi connectivity index (χ2v) is 20.7. The predicted octanol–water partition coefficient (Wildman–Crippen LogP) is 2.41. The number of hydrogen-bond acceptors (Lipinski definition) is 13. The maximum absolute atomic E-state index is 14.6. The number of aliphatic hydroxyl groups excluding tert-OH is 7. The first-order valence-corrected chi connectivity index (χ1v) is 20.8. The zero-order valence-corrected chi connectivity index (χ0v) is 34.0. The molecule has 318 valence electrons. The number of fused-ring (bicyclic) bond motifs is 7. The second kappa shape index (κ2) is 14.2. The van der Waals surface area contributed by atoms with Gasteiger partial charge >= 0.3 is 11.9 Å². The lowest BCUT2D eigenvalue weighted by molar-refractivity contribution is -0.324. The molecule has 0 aromatic rings. The summed E-state index contributed by atoms with van der Waals surface area (Å²) in [5.74, 6) is -1.52. The van der Waals surface area contributed by atoms with E-state index in [2.05, 4.69) is 54.5 Å². The largest absolute Gasteiger partial charge is 0.479 e. The summed E-state index contributed by atoms with van der Waals surface area (Å²) in [4.78, 5) is 26.4. The molecule has 5 aliphatic carbocycles. The minimum absolute atomic E-state index is 0.0330. The molecule has 18 atom stereocenters. The first kappa shape index (κ1) is 42.4. The lowest BCUT2D eigenvalue weighted by atomic mass is 9.33. The highest BCUT2D eigenvalue weighted by Crippen LogP contribution is 2.76. The monoisotopic (exact) mass is 794 g/mol. The van der Waals surface area contributed by atoms with E-state index in [4.69, 9.17) is 18.9 Å². The number of allylic oxidation sites excluding steroid dienone is 2. The molecule has 8 N–H and O–H groups in total. The standard InChI is InChI=1S/C42H66O14/c1-37(2)14-16-42(36(52)56-34-30(48)27(45)26(44)22(19-43)53-34)17-15-40(6)20(21(42)18-37)8-9-24-39(5)12-11-25(38(3,4)23(39)10-13-41(24,40)7)54-35-31(49)28(46)29(47)32(55-35)33(50)51/h8,21-32,34-35,43-49H,9-19H2,1-7H3,(H,50,51)/t21-,22-,23-,24+,25-,26-,27+,28-,29-,30-,31+,32-,34?,35?,39-,40+,41+,42-/m0/s1. The predicted molar refractivity (Wildman–Crippen MR) is 198 cm³/mol. The normalized spacial score (nSPS) is 52.3. The summed E-state index contributed by atoms with van der Waals surface area (Å²) in [6, 6.07) is 0. The van der Waals surface area contributed by atoms with Gasteiger partial charge in [-0.2, -0.15) is 0 Å². The molecule has 0 spiro atoms. The molecular weight excluding hydrogens is 728 g/mol. The van der Waals surface area contributed by atoms with Crippen molar-refractivity contribution in [1.29, 1.82) is 0 Å². The zero-order valence-electron chi connectivity index (χ0n) is 34.0. The van der Waals surface area contributed by atoms with Crippen LogP contribution in [0.2, 0.25) is 0 Å². The molecule has 0 aromatic carbocycles. The molecule has 56 heavy (non-hydrogen) atoms. The number of carboxylic acid groups (broad SMARTS) is 1. The summed E-state index contributed by atoms with van der Waals surface area (Å²) in [5.41, 5.74) is -0.448. The van der Waals surface area contributed by atoms with Gasteiger partial charge in [-0.05, 0) is 109 Å². The first-order chi connectivity index (χ1) is 26.0. The number of carboxylic acids is 1. The van der Waals surface area contributed by atoms with Gasteiger partial charge in [0.25, 0.3) is 0 Å². The van der Waals surface area contributed by atoms with Gasteiger partial charge in [-0.3, -0.25) is 4.79 Å². The van der Waals surface area contributed by atoms with Gasteiger partial charge in [0.2, 0.25) is 6.29 Å². The molecule has 6 fully saturated rings. The molecule has 2 heterocycles. The van der Waals surface area contributed by atoms with Crippen molar-refractivity contribution < 1.29 is 69.4 Å². The Morgan fingerprint density at radius 1 is 0.750 bits per heavy atom. The number of esters is 1. The number of rotatable bonds is 6. The van der Waals surface area contributed by atoms with E-state index >= 15 is 0 Å². The molecule has 7 rings (SSSR count). The summed E-state index contributed by atoms with van der Waals surface area (Å²) in [7, 11) is 0. The molecule has 0 amide bonds. The van der Waals surface area contributed by atoms with E-state index in [9.17, 15) is 50.4 Å². The topological polar surface area (TPSA) is 233 Å². The van der Waals surface area contributed by atoms with Gasteiger partial charge in [-0.1, -0.05) is 60.1 Å². The molecule has 2 unspecified atom stereocenters. The van der Waals surface area contributed by atoms with Crippen molar-refractivity contribution in [2.45, 2.75) is 180 Å². The Hall–Kier alpha value is -1.72. The third kappa shape index (κ3) is 6.17. The van der Waals surface area contributed by atoms with Crippen molar-refractivity contribution in [2.24, 2.45) is 50.2 Å². The zero-order chi connectivity index (χ0) is 41.1. The van der Waals surface area contributed by atoms with Crippen molar-refractivity contribution in [2.75, 3.05) is 6.61 Å². The van der Waals surface area contributed by atoms with E-state index in [1.807, 2.05) is 0 Å². The van der Waals surface area contributed by atoms with Crippen LogP contribution in [0, 0.1) is 50.2 Å². The van der Waals surface area contributed by atoms with Crippen LogP contribution in [0.4, 0.5) is 0 Å². The van der Waals surface area contributed by atoms with Crippen LogP contribution in [0.25, 0.3) is 0 Å². The molecule has 14 nitrogen and oxygen atoms in total. The molecule has 4 saturated carbocycles. The number of ether oxygens (including phenoxy) is 4. The van der Waals surface area contributed by atoms with Gasteiger partial charge in [-0.25, -0.2) is 4.79 Å². The fraction of sp³-hybridized carbons (Fsp3) is 0.905. The molecule has 2 saturated heterocycles. The van der Waals surface area contributed by atoms with E-state index in [0.717, 1.165) is 44.9 Å². The van der Waals surface area contributed by atoms with E-state index < -0.39 is 96.9 Å². The van der Waals surface area contributed by atoms with Crippen LogP contribution in [0.1, 0.15) is 113 Å². The van der Waals surface area contributed by atoms with Gasteiger partial charge in [0.15, 0.2) is 12.4 Å². The van der Waals surface area contributed by atoms with Crippen molar-refractivity contribution in [3.05, 3.63) is 11.6 Å². The summed E-state index contributed by atoms with van der Waals surface area (Å²) in [6.45, 7) is 15.5. The fourth-order valence-electron chi connectivity index (χ4n) is 13.5. The van der Waals surface area contributed by atoms with Crippen LogP contribution >= 0.6 is 0 Å². The summed E-state index contributed by atoms with van der Waals surface area (Å²) >= 11 is 0. The Morgan fingerprint density at radius 2 is 1.39 bits per heavy atom. The van der Waals surface area contributed by atoms with Crippen molar-refractivity contribution in [3.8, 4) is 0 Å². The molecule has 0 aromatic heterocycles. The highest BCUT2D eigenvalue weighted by molar-refractivity contribution is 5.79. The molecule has 2 aliphatic heterocycles. The Bertz CT molecular complexity index is 1560. The lowest BCUT2D eigenvalue weighted by Crippen LogP contribution is -2.66. The molecule has 14 heteroatoms. The smallest absolute Gasteiger partial charge is 0.335 e. The van der Waals surface area contributed by atoms with E-state index in [0.29, 0.717) is 25.2 Å². The highest BCUT2D eigenvalue weighted by Gasteiger charge is 2.70. The van der Waals surface area contributed by atoms with Crippen molar-refractivity contribution >= 4 is 11.9 Å². The Morgan fingerprint density at radius 3 is 2.05 bits per heavy atom. The molecular formula is C42H66O14. The molecule has 7 aliphatic rings. The van der Waals surface area contributed by atoms with E-state index in [-0.39, 0.29) is 33.5 Å². The minimum Gasteiger partial charge on any atom is -0.479 e. The maximum atomic E-state index is 14.6. The van der Waals surface area contributed by atoms with Gasteiger partial charge < -0.3 is 59.8 Å². The summed E-state index contributed by atoms with van der Waals surface area (Å²) in [6.07, 6.45) is -6.14. The van der Waals surface area contributed by atoms with Crippen LogP contribution < -0.4 is 0 Å². The number of carbonyl (C=O) groups is 2. The second-order valence-electron chi connectivity index (χ2n) is 20.7. The number of aliphatic hydroxyl groups is 7. The van der Waals surface area contributed by atoms with Crippen LogP contribution in [-0.2, 0) is 28.5 Å². The SMILES string of the molecule is CC1(C)CC[C@]2(C(=O)OC3O[C@@H](CO)[C@H](O)[C@@H](O)[C@@H]3O)CC[C@]3(C)C(=CC[C@@H]4[C@@]5(C)CC[C@H](OC6O[C@H](C(=O)O)[C@@H](O)[C@H](O)[C@H]6O)C(C)(C)[C@@H]5CC[C@]43C)[C@@H]2C1. The van der Waals surface area contributed by atoms with Crippen molar-refractivity contribution in [3.63, 3.8) is 0 Å². The Balaban J connectivity index is 1.16. The van der Waals surface area contributed by atoms with E-state index in [1.54, 1.807) is 0 Å². The van der Waals surface area contributed by atoms with Crippen LogP contribution in [-0.4, -0.2) is 127 Å². The van der Waals surface area contributed by atoms with E-state index in [1.165, 1.54) is 5.57 Å². The fourth-order valence-corrected chi connectivity index (χ4v) is 13.5. The van der Waals surface area contributed by atoms with Crippen LogP contribution in [0.3, 0.4) is 0 Å². The lowest BCUT2D eigenvalue weighted by Gasteiger charge is -2.71. The van der Waals surface area contributed by atoms with Crippen LogP contribution in [0.15, 0.2) is 11.6 Å².